The van der Waals surface area contributed by atoms with Crippen LogP contribution in [0.3, 0.4) is 0 Å². The Morgan fingerprint density at radius 3 is 2.45 bits per heavy atom. The van der Waals surface area contributed by atoms with Gasteiger partial charge in [-0.1, -0.05) is 18.2 Å². The van der Waals surface area contributed by atoms with Crippen LogP contribution in [-0.2, 0) is 11.3 Å². The zero-order chi connectivity index (χ0) is 21.0. The molecule has 0 spiro atoms. The lowest BCUT2D eigenvalue weighted by atomic mass is 10.1. The van der Waals surface area contributed by atoms with Crippen molar-refractivity contribution in [1.29, 1.82) is 0 Å². The van der Waals surface area contributed by atoms with Crippen molar-refractivity contribution < 1.29 is 18.8 Å². The Labute approximate surface area is 164 Å². The fourth-order valence-corrected chi connectivity index (χ4v) is 2.64. The van der Waals surface area contributed by atoms with E-state index in [1.54, 1.807) is 37.3 Å². The largest absolute Gasteiger partial charge is 0.459 e. The Morgan fingerprint density at radius 1 is 1.07 bits per heavy atom. The highest BCUT2D eigenvalue weighted by atomic mass is 16.3. The maximum absolute atomic E-state index is 12.6. The number of carbonyl (C=O) groups is 3. The maximum atomic E-state index is 12.6. The number of furan rings is 1. The van der Waals surface area contributed by atoms with Gasteiger partial charge in [0.05, 0.1) is 11.6 Å². The fraction of sp³-hybridized carbons (Fsp3) is 0.211. The first-order valence-corrected chi connectivity index (χ1v) is 8.86. The molecule has 0 saturated carbocycles. The van der Waals surface area contributed by atoms with E-state index in [-0.39, 0.29) is 23.6 Å². The lowest BCUT2D eigenvalue weighted by Crippen LogP contribution is -2.51. The van der Waals surface area contributed by atoms with Gasteiger partial charge in [0.2, 0.25) is 0 Å². The summed E-state index contributed by atoms with van der Waals surface area (Å²) in [5.41, 5.74) is 4.18. The molecule has 10 heteroatoms. The Morgan fingerprint density at radius 2 is 1.79 bits per heavy atom. The zero-order valence-corrected chi connectivity index (χ0v) is 15.8. The number of carbonyl (C=O) groups excluding carboxylic acids is 3. The summed E-state index contributed by atoms with van der Waals surface area (Å²) in [6.07, 6.45) is 1.34. The first-order chi connectivity index (χ1) is 13.9. The van der Waals surface area contributed by atoms with Gasteiger partial charge in [-0.15, -0.1) is 0 Å². The molecular formula is C19H19N5O5. The number of hydrogen-bond donors (Lipinski definition) is 3. The minimum absolute atomic E-state index is 0.00498. The van der Waals surface area contributed by atoms with Gasteiger partial charge in [-0.05, 0) is 32.0 Å². The molecule has 150 valence electrons. The normalized spacial score (nSPS) is 11.7. The topological polar surface area (TPSA) is 135 Å². The highest BCUT2D eigenvalue weighted by Crippen LogP contribution is 2.13. The average molecular weight is 397 g/mol. The van der Waals surface area contributed by atoms with Gasteiger partial charge in [-0.2, -0.15) is 5.10 Å². The van der Waals surface area contributed by atoms with Crippen molar-refractivity contribution in [3.8, 4) is 0 Å². The Kier molecular flexibility index (Phi) is 5.72. The first-order valence-electron chi connectivity index (χ1n) is 8.86. The molecule has 3 amide bonds. The minimum atomic E-state index is -0.942. The molecule has 0 radical (unpaired) electrons. The number of benzene rings is 1. The van der Waals surface area contributed by atoms with E-state index in [0.717, 1.165) is 0 Å². The smallest absolute Gasteiger partial charge is 0.290 e. The number of hydrogen-bond acceptors (Lipinski definition) is 6. The number of nitrogens with one attached hydrogen (secondary N) is 3. The number of amides is 3. The maximum Gasteiger partial charge on any atom is 0.290 e. The van der Waals surface area contributed by atoms with Crippen LogP contribution in [-0.4, -0.2) is 33.5 Å². The molecule has 2 aromatic heterocycles. The molecule has 0 fully saturated rings. The van der Waals surface area contributed by atoms with Gasteiger partial charge in [-0.3, -0.25) is 30.0 Å². The van der Waals surface area contributed by atoms with Gasteiger partial charge >= 0.3 is 0 Å². The van der Waals surface area contributed by atoms with Crippen LogP contribution < -0.4 is 21.7 Å². The summed E-state index contributed by atoms with van der Waals surface area (Å²) < 4.78 is 6.13. The fourth-order valence-electron chi connectivity index (χ4n) is 2.64. The molecule has 0 saturated heterocycles. The number of nitrogens with zero attached hydrogens (tertiary/aromatic N) is 2. The molecule has 0 aliphatic heterocycles. The molecular weight excluding hydrogens is 378 g/mol. The monoisotopic (exact) mass is 397 g/mol. The van der Waals surface area contributed by atoms with Crippen molar-refractivity contribution in [3.63, 3.8) is 0 Å². The summed E-state index contributed by atoms with van der Waals surface area (Å²) in [5, 5.41) is 7.24. The summed E-state index contributed by atoms with van der Waals surface area (Å²) in [7, 11) is 0. The summed E-state index contributed by atoms with van der Waals surface area (Å²) in [6, 6.07) is 8.65. The molecule has 3 rings (SSSR count). The SMILES string of the molecule is CCn1nc(C(=O)NNC(=O)[C@H](C)NC(=O)c2ccco2)c2ccccc2c1=O. The molecule has 3 N–H and O–H groups in total. The van der Waals surface area contributed by atoms with Gasteiger partial charge in [0.15, 0.2) is 11.5 Å². The molecule has 10 nitrogen and oxygen atoms in total. The van der Waals surface area contributed by atoms with E-state index in [1.165, 1.54) is 23.9 Å². The van der Waals surface area contributed by atoms with Gasteiger partial charge in [-0.25, -0.2) is 4.68 Å². The summed E-state index contributed by atoms with van der Waals surface area (Å²) in [4.78, 5) is 49.0. The van der Waals surface area contributed by atoms with Crippen LogP contribution in [0.4, 0.5) is 0 Å². The molecule has 0 unspecified atom stereocenters. The van der Waals surface area contributed by atoms with Crippen molar-refractivity contribution in [2.75, 3.05) is 0 Å². The molecule has 2 heterocycles. The molecule has 29 heavy (non-hydrogen) atoms. The molecule has 3 aromatic rings. The zero-order valence-electron chi connectivity index (χ0n) is 15.8. The first kappa shape index (κ1) is 19.8. The van der Waals surface area contributed by atoms with E-state index in [4.69, 9.17) is 4.42 Å². The van der Waals surface area contributed by atoms with E-state index in [0.29, 0.717) is 10.8 Å². The van der Waals surface area contributed by atoms with E-state index in [2.05, 4.69) is 21.3 Å². The van der Waals surface area contributed by atoms with Crippen LogP contribution >= 0.6 is 0 Å². The van der Waals surface area contributed by atoms with Crippen molar-refractivity contribution in [2.24, 2.45) is 0 Å². The minimum Gasteiger partial charge on any atom is -0.459 e. The van der Waals surface area contributed by atoms with Crippen LogP contribution in [0.2, 0.25) is 0 Å². The van der Waals surface area contributed by atoms with E-state index < -0.39 is 23.8 Å². The molecule has 0 aliphatic carbocycles. The quantitative estimate of drug-likeness (QED) is 0.539. The van der Waals surface area contributed by atoms with Crippen molar-refractivity contribution in [1.82, 2.24) is 25.9 Å². The third-order valence-corrected chi connectivity index (χ3v) is 4.17. The predicted molar refractivity (Wildman–Crippen MR) is 103 cm³/mol. The number of aromatic nitrogens is 2. The lowest BCUT2D eigenvalue weighted by molar-refractivity contribution is -0.123. The predicted octanol–water partition coefficient (Wildman–Crippen LogP) is 0.589. The van der Waals surface area contributed by atoms with Crippen molar-refractivity contribution >= 4 is 28.5 Å². The van der Waals surface area contributed by atoms with Crippen LogP contribution in [0.15, 0.2) is 51.9 Å². The summed E-state index contributed by atoms with van der Waals surface area (Å²) in [6.45, 7) is 3.47. The van der Waals surface area contributed by atoms with Gasteiger partial charge < -0.3 is 9.73 Å². The van der Waals surface area contributed by atoms with Crippen LogP contribution in [0.1, 0.15) is 34.9 Å². The third kappa shape index (κ3) is 4.15. The Bertz CT molecular complexity index is 1120. The second kappa shape index (κ2) is 8.38. The molecule has 1 atom stereocenters. The lowest BCUT2D eigenvalue weighted by Gasteiger charge is -2.14. The van der Waals surface area contributed by atoms with E-state index >= 15 is 0 Å². The second-order valence-corrected chi connectivity index (χ2v) is 6.13. The number of aryl methyl sites for hydroxylation is 1. The third-order valence-electron chi connectivity index (χ3n) is 4.17. The van der Waals surface area contributed by atoms with Gasteiger partial charge in [0, 0.05) is 11.9 Å². The van der Waals surface area contributed by atoms with Crippen LogP contribution in [0.5, 0.6) is 0 Å². The molecule has 0 bridgehead atoms. The number of rotatable bonds is 5. The van der Waals surface area contributed by atoms with E-state index in [9.17, 15) is 19.2 Å². The van der Waals surface area contributed by atoms with Crippen LogP contribution in [0.25, 0.3) is 10.8 Å². The van der Waals surface area contributed by atoms with Gasteiger partial charge in [0.1, 0.15) is 6.04 Å². The van der Waals surface area contributed by atoms with E-state index in [1.807, 2.05) is 0 Å². The highest BCUT2D eigenvalue weighted by Gasteiger charge is 2.20. The molecule has 0 aliphatic rings. The Hall–Kier alpha value is -3.95. The summed E-state index contributed by atoms with van der Waals surface area (Å²) in [5.74, 6) is -1.84. The molecule has 1 aromatic carbocycles. The second-order valence-electron chi connectivity index (χ2n) is 6.13. The Balaban J connectivity index is 1.71. The highest BCUT2D eigenvalue weighted by molar-refractivity contribution is 6.05. The van der Waals surface area contributed by atoms with Gasteiger partial charge in [0.25, 0.3) is 23.3 Å². The average Bonchev–Trinajstić information content (AvgIpc) is 3.27. The standard InChI is InChI=1S/C19H19N5O5/c1-3-24-19(28)13-8-5-4-7-12(13)15(23-24)18(27)22-21-16(25)11(2)20-17(26)14-9-6-10-29-14/h4-11H,3H2,1-2H3,(H,20,26)(H,21,25)(H,22,27)/t11-/m0/s1. The number of hydrazine groups is 1. The van der Waals surface area contributed by atoms with Crippen molar-refractivity contribution in [3.05, 3.63) is 64.5 Å². The summed E-state index contributed by atoms with van der Waals surface area (Å²) >= 11 is 0. The van der Waals surface area contributed by atoms with Crippen molar-refractivity contribution in [2.45, 2.75) is 26.4 Å². The number of fused-ring (bicyclic) bond motifs is 1. The van der Waals surface area contributed by atoms with Crippen LogP contribution in [0, 0.1) is 0 Å².